The third kappa shape index (κ3) is 3.22. The zero-order chi connectivity index (χ0) is 6.41. The van der Waals surface area contributed by atoms with Gasteiger partial charge in [0.1, 0.15) is 0 Å². The van der Waals surface area contributed by atoms with Crippen LogP contribution in [0, 0.1) is 0 Å². The van der Waals surface area contributed by atoms with Crippen molar-refractivity contribution in [2.45, 2.75) is 13.8 Å². The molecule has 0 fully saturated rings. The maximum Gasteiger partial charge on any atom is 0.0282 e. The largest absolute Gasteiger partial charge is 0.151 e. The molecule has 1 aromatic heterocycles. The van der Waals surface area contributed by atoms with Gasteiger partial charge in [-0.25, -0.2) is 0 Å². The number of thiophene rings is 1. The fourth-order valence-electron chi connectivity index (χ4n) is 0.248. The van der Waals surface area contributed by atoms with E-state index in [0.717, 1.165) is 0 Å². The van der Waals surface area contributed by atoms with E-state index in [9.17, 15) is 0 Å². The van der Waals surface area contributed by atoms with Gasteiger partial charge in [0.25, 0.3) is 0 Å². The number of hydrogen-bond acceptors (Lipinski definition) is 1. The number of halogens is 1. The minimum atomic E-state index is 1.17. The lowest BCUT2D eigenvalue weighted by Gasteiger charge is -1.62. The Hall–Kier alpha value is 0.180. The normalized spacial score (nSPS) is 7.38. The van der Waals surface area contributed by atoms with Crippen LogP contribution in [0.5, 0.6) is 0 Å². The van der Waals surface area contributed by atoms with Gasteiger partial charge >= 0.3 is 0 Å². The van der Waals surface area contributed by atoms with E-state index in [-0.39, 0.29) is 0 Å². The summed E-state index contributed by atoms with van der Waals surface area (Å²) in [5, 5.41) is 4.07. The predicted octanol–water partition coefficient (Wildman–Crippen LogP) is 3.54. The summed E-state index contributed by atoms with van der Waals surface area (Å²) in [7, 11) is 0. The average Bonchev–Trinajstić information content (AvgIpc) is 2.24. The number of hydrogen-bond donors (Lipinski definition) is 0. The minimum absolute atomic E-state index is 1.17. The molecule has 0 nitrogen and oxygen atoms in total. The zero-order valence-electron chi connectivity index (χ0n) is 5.02. The van der Waals surface area contributed by atoms with Crippen LogP contribution in [0.2, 0.25) is 0 Å². The first kappa shape index (κ1) is 8.18. The summed E-state index contributed by atoms with van der Waals surface area (Å²) in [6, 6.07) is 2.02. The molecule has 0 aliphatic heterocycles. The van der Waals surface area contributed by atoms with Crippen molar-refractivity contribution in [3.63, 3.8) is 0 Å². The van der Waals surface area contributed by atoms with E-state index in [1.807, 2.05) is 30.7 Å². The molecular formula is C6H9BrS. The summed E-state index contributed by atoms with van der Waals surface area (Å²) in [5.74, 6) is 0. The van der Waals surface area contributed by atoms with Gasteiger partial charge in [0, 0.05) is 9.85 Å². The quantitative estimate of drug-likeness (QED) is 0.591. The van der Waals surface area contributed by atoms with Crippen LogP contribution in [0.25, 0.3) is 0 Å². The Morgan fingerprint density at radius 1 is 1.50 bits per heavy atom. The fourth-order valence-corrected chi connectivity index (χ4v) is 1.39. The topological polar surface area (TPSA) is 0 Å². The summed E-state index contributed by atoms with van der Waals surface area (Å²) in [5.41, 5.74) is 0. The Bertz CT molecular complexity index is 112. The predicted molar refractivity (Wildman–Crippen MR) is 43.4 cm³/mol. The van der Waals surface area contributed by atoms with Crippen LogP contribution in [0.4, 0.5) is 0 Å². The molecule has 1 heterocycles. The van der Waals surface area contributed by atoms with Crippen molar-refractivity contribution >= 4 is 27.3 Å². The Kier molecular flexibility index (Phi) is 5.44. The second-order valence-corrected chi connectivity index (χ2v) is 2.64. The lowest BCUT2D eigenvalue weighted by atomic mass is 10.7. The molecule has 0 radical (unpaired) electrons. The van der Waals surface area contributed by atoms with Gasteiger partial charge in [-0.05, 0) is 27.4 Å². The molecule has 0 amide bonds. The molecule has 46 valence electrons. The highest BCUT2D eigenvalue weighted by Crippen LogP contribution is 2.11. The first-order chi connectivity index (χ1) is 3.89. The molecule has 0 spiro atoms. The lowest BCUT2D eigenvalue weighted by Crippen LogP contribution is -1.34. The van der Waals surface area contributed by atoms with Crippen LogP contribution < -0.4 is 0 Å². The highest BCUT2D eigenvalue weighted by atomic mass is 79.9. The Morgan fingerprint density at radius 3 is 2.25 bits per heavy atom. The van der Waals surface area contributed by atoms with Crippen LogP contribution in [-0.2, 0) is 0 Å². The van der Waals surface area contributed by atoms with Crippen molar-refractivity contribution in [3.8, 4) is 0 Å². The summed E-state index contributed by atoms with van der Waals surface area (Å²) < 4.78 is 1.17. The van der Waals surface area contributed by atoms with Gasteiger partial charge in [0.05, 0.1) is 0 Å². The fraction of sp³-hybridized carbons (Fsp3) is 0.333. The molecule has 0 aliphatic carbocycles. The highest BCUT2D eigenvalue weighted by molar-refractivity contribution is 9.10. The molecule has 0 unspecified atom stereocenters. The van der Waals surface area contributed by atoms with E-state index in [1.165, 1.54) is 4.47 Å². The van der Waals surface area contributed by atoms with E-state index in [2.05, 4.69) is 15.9 Å². The van der Waals surface area contributed by atoms with Gasteiger partial charge in [-0.2, -0.15) is 11.3 Å². The maximum atomic E-state index is 3.29. The van der Waals surface area contributed by atoms with E-state index in [0.29, 0.717) is 0 Å². The van der Waals surface area contributed by atoms with Crippen molar-refractivity contribution in [1.29, 1.82) is 0 Å². The monoisotopic (exact) mass is 192 g/mol. The molecule has 0 N–H and O–H groups in total. The molecule has 0 saturated heterocycles. The maximum absolute atomic E-state index is 3.29. The standard InChI is InChI=1S/C4H3BrS.C2H6/c5-4-1-2-6-3-4;1-2/h1-3H;1-2H3. The molecule has 1 rings (SSSR count). The lowest BCUT2D eigenvalue weighted by molar-refractivity contribution is 1.50. The molecule has 0 bridgehead atoms. The molecular weight excluding hydrogens is 184 g/mol. The summed E-state index contributed by atoms with van der Waals surface area (Å²) in [4.78, 5) is 0. The van der Waals surface area contributed by atoms with E-state index in [4.69, 9.17) is 0 Å². The SMILES string of the molecule is Brc1ccsc1.CC. The second kappa shape index (κ2) is 5.32. The molecule has 0 saturated carbocycles. The molecule has 1 aromatic rings. The third-order valence-electron chi connectivity index (χ3n) is 0.486. The van der Waals surface area contributed by atoms with Crippen molar-refractivity contribution in [2.24, 2.45) is 0 Å². The Balaban J connectivity index is 0.000000222. The average molecular weight is 193 g/mol. The van der Waals surface area contributed by atoms with Gasteiger partial charge in [-0.3, -0.25) is 0 Å². The Morgan fingerprint density at radius 2 is 2.12 bits per heavy atom. The Labute approximate surface area is 62.7 Å². The highest BCUT2D eigenvalue weighted by Gasteiger charge is 1.77. The van der Waals surface area contributed by atoms with E-state index < -0.39 is 0 Å². The van der Waals surface area contributed by atoms with Crippen molar-refractivity contribution < 1.29 is 0 Å². The van der Waals surface area contributed by atoms with Crippen LogP contribution in [0.15, 0.2) is 21.3 Å². The first-order valence-electron chi connectivity index (χ1n) is 2.57. The zero-order valence-corrected chi connectivity index (χ0v) is 7.42. The third-order valence-corrected chi connectivity index (χ3v) is 1.97. The minimum Gasteiger partial charge on any atom is -0.151 e. The van der Waals surface area contributed by atoms with Crippen LogP contribution >= 0.6 is 27.3 Å². The summed E-state index contributed by atoms with van der Waals surface area (Å²) in [6.07, 6.45) is 0. The van der Waals surface area contributed by atoms with E-state index in [1.54, 1.807) is 11.3 Å². The first-order valence-corrected chi connectivity index (χ1v) is 4.31. The van der Waals surface area contributed by atoms with Crippen LogP contribution in [-0.4, -0.2) is 0 Å². The van der Waals surface area contributed by atoms with Crippen LogP contribution in [0.1, 0.15) is 13.8 Å². The van der Waals surface area contributed by atoms with E-state index >= 15 is 0 Å². The summed E-state index contributed by atoms with van der Waals surface area (Å²) in [6.45, 7) is 4.00. The molecule has 0 aliphatic rings. The van der Waals surface area contributed by atoms with Gasteiger partial charge in [0.2, 0.25) is 0 Å². The van der Waals surface area contributed by atoms with Gasteiger partial charge in [-0.1, -0.05) is 13.8 Å². The molecule has 2 heteroatoms. The molecule has 8 heavy (non-hydrogen) atoms. The number of rotatable bonds is 0. The van der Waals surface area contributed by atoms with Crippen LogP contribution in [0.3, 0.4) is 0 Å². The van der Waals surface area contributed by atoms with Gasteiger partial charge in [0.15, 0.2) is 0 Å². The van der Waals surface area contributed by atoms with Crippen molar-refractivity contribution in [1.82, 2.24) is 0 Å². The molecule has 0 atom stereocenters. The van der Waals surface area contributed by atoms with Gasteiger partial charge < -0.3 is 0 Å². The smallest absolute Gasteiger partial charge is 0.0282 e. The second-order valence-electron chi connectivity index (χ2n) is 0.942. The summed E-state index contributed by atoms with van der Waals surface area (Å²) >= 11 is 4.98. The van der Waals surface area contributed by atoms with Gasteiger partial charge in [-0.15, -0.1) is 0 Å². The molecule has 0 aromatic carbocycles. The van der Waals surface area contributed by atoms with Crippen molar-refractivity contribution in [3.05, 3.63) is 21.3 Å². The van der Waals surface area contributed by atoms with Crippen molar-refractivity contribution in [2.75, 3.05) is 0 Å².